The van der Waals surface area contributed by atoms with E-state index in [1.165, 1.54) is 77.6 Å². The fourth-order valence-electron chi connectivity index (χ4n) is 10.5. The number of hydrogen-bond donors (Lipinski definition) is 0. The van der Waals surface area contributed by atoms with Crippen LogP contribution in [0.2, 0.25) is 0 Å². The minimum absolute atomic E-state index is 0.550. The van der Waals surface area contributed by atoms with Gasteiger partial charge in [-0.3, -0.25) is 0 Å². The van der Waals surface area contributed by atoms with E-state index in [0.29, 0.717) is 0 Å². The minimum Gasteiger partial charge on any atom is -0.310 e. The first-order valence-electron chi connectivity index (χ1n) is 21.8. The molecule has 2 nitrogen and oxygen atoms in total. The van der Waals surface area contributed by atoms with Crippen LogP contribution in [0.25, 0.3) is 60.9 Å². The highest BCUT2D eigenvalue weighted by Crippen LogP contribution is 2.58. The van der Waals surface area contributed by atoms with Gasteiger partial charge in [0.2, 0.25) is 0 Å². The zero-order chi connectivity index (χ0) is 41.7. The minimum atomic E-state index is -0.550. The van der Waals surface area contributed by atoms with Gasteiger partial charge in [0.25, 0.3) is 0 Å². The molecule has 0 atom stereocenters. The Morgan fingerprint density at radius 3 is 1.48 bits per heavy atom. The van der Waals surface area contributed by atoms with Gasteiger partial charge >= 0.3 is 0 Å². The number of rotatable bonds is 8. The van der Waals surface area contributed by atoms with Crippen molar-refractivity contribution >= 4 is 38.9 Å². The highest BCUT2D eigenvalue weighted by molar-refractivity contribution is 6.11. The van der Waals surface area contributed by atoms with Gasteiger partial charge in [-0.15, -0.1) is 0 Å². The maximum atomic E-state index is 2.54. The molecule has 0 N–H and O–H groups in total. The molecule has 0 saturated heterocycles. The summed E-state index contributed by atoms with van der Waals surface area (Å²) in [6.07, 6.45) is 0. The van der Waals surface area contributed by atoms with Crippen molar-refractivity contribution in [1.82, 2.24) is 4.57 Å². The summed E-state index contributed by atoms with van der Waals surface area (Å²) in [5.74, 6) is 0. The van der Waals surface area contributed by atoms with Crippen molar-refractivity contribution in [3.63, 3.8) is 0 Å². The van der Waals surface area contributed by atoms with Crippen LogP contribution in [0.3, 0.4) is 0 Å². The molecule has 11 aromatic rings. The summed E-state index contributed by atoms with van der Waals surface area (Å²) in [7, 11) is 0. The average molecular weight is 803 g/mol. The number of fused-ring (bicyclic) bond motifs is 6. The highest BCUT2D eigenvalue weighted by atomic mass is 15.1. The molecule has 10 aromatic carbocycles. The zero-order valence-corrected chi connectivity index (χ0v) is 34.6. The normalized spacial score (nSPS) is 12.6. The number of nitrogens with zero attached hydrogens (tertiary/aromatic N) is 2. The predicted molar refractivity (Wildman–Crippen MR) is 264 cm³/mol. The average Bonchev–Trinajstić information content (AvgIpc) is 3.86. The van der Waals surface area contributed by atoms with E-state index in [-0.39, 0.29) is 0 Å². The Balaban J connectivity index is 1.08. The fourth-order valence-corrected chi connectivity index (χ4v) is 10.5. The Bertz CT molecular complexity index is 3360. The number of aromatic nitrogens is 1. The van der Waals surface area contributed by atoms with Crippen molar-refractivity contribution in [3.8, 4) is 39.1 Å². The van der Waals surface area contributed by atoms with Crippen molar-refractivity contribution in [2.75, 3.05) is 4.90 Å². The summed E-state index contributed by atoms with van der Waals surface area (Å²) in [6.45, 7) is 0. The van der Waals surface area contributed by atoms with Crippen molar-refractivity contribution in [2.24, 2.45) is 0 Å². The van der Waals surface area contributed by atoms with E-state index < -0.39 is 5.41 Å². The van der Waals surface area contributed by atoms with Gasteiger partial charge in [-0.25, -0.2) is 0 Å². The number of anilines is 3. The largest absolute Gasteiger partial charge is 0.310 e. The van der Waals surface area contributed by atoms with Crippen LogP contribution < -0.4 is 4.90 Å². The number of hydrogen-bond acceptors (Lipinski definition) is 1. The van der Waals surface area contributed by atoms with Crippen LogP contribution in [0.15, 0.2) is 255 Å². The third-order valence-electron chi connectivity index (χ3n) is 13.0. The Morgan fingerprint density at radius 2 is 0.810 bits per heavy atom. The van der Waals surface area contributed by atoms with Crippen molar-refractivity contribution < 1.29 is 0 Å². The third kappa shape index (κ3) is 5.80. The molecule has 63 heavy (non-hydrogen) atoms. The molecule has 0 saturated carbocycles. The summed E-state index contributed by atoms with van der Waals surface area (Å²) >= 11 is 0. The Hall–Kier alpha value is -8.20. The van der Waals surface area contributed by atoms with Gasteiger partial charge in [0.15, 0.2) is 0 Å². The summed E-state index contributed by atoms with van der Waals surface area (Å²) < 4.78 is 2.54. The van der Waals surface area contributed by atoms with Crippen molar-refractivity contribution in [3.05, 3.63) is 277 Å². The fraction of sp³-hybridized carbons (Fsp3) is 0.0164. The van der Waals surface area contributed by atoms with E-state index in [9.17, 15) is 0 Å². The van der Waals surface area contributed by atoms with Gasteiger partial charge in [-0.2, -0.15) is 0 Å². The number of para-hydroxylation sites is 3. The molecule has 12 rings (SSSR count). The van der Waals surface area contributed by atoms with E-state index in [1.54, 1.807) is 0 Å². The second-order valence-corrected chi connectivity index (χ2v) is 16.4. The molecule has 1 heterocycles. The SMILES string of the molecule is c1ccc(N(c2ccccc2)c2cccc(-c3ccccc3-c3ccc4c5ccccc5n(-c5cccc6c5C(c5ccccc5)(c5ccccc5)c5ccccc5-6)c4c3)c2)cc1. The van der Waals surface area contributed by atoms with Gasteiger partial charge in [-0.05, 0) is 105 Å². The number of benzene rings is 10. The van der Waals surface area contributed by atoms with E-state index in [4.69, 9.17) is 0 Å². The van der Waals surface area contributed by atoms with Crippen LogP contribution in [0.5, 0.6) is 0 Å². The van der Waals surface area contributed by atoms with Gasteiger partial charge in [-0.1, -0.05) is 200 Å². The van der Waals surface area contributed by atoms with E-state index in [1.807, 2.05) is 0 Å². The second-order valence-electron chi connectivity index (χ2n) is 16.4. The molecule has 2 heteroatoms. The Kier molecular flexibility index (Phi) is 8.76. The second kappa shape index (κ2) is 15.1. The lowest BCUT2D eigenvalue weighted by molar-refractivity contribution is 0.762. The van der Waals surface area contributed by atoms with Gasteiger partial charge in [0.1, 0.15) is 0 Å². The summed E-state index contributed by atoms with van der Waals surface area (Å²) in [4.78, 5) is 2.33. The first-order chi connectivity index (χ1) is 31.3. The smallest absolute Gasteiger partial charge is 0.0734 e. The molecule has 0 amide bonds. The predicted octanol–water partition coefficient (Wildman–Crippen LogP) is 16.0. The Morgan fingerprint density at radius 1 is 0.317 bits per heavy atom. The molecule has 1 aliphatic carbocycles. The van der Waals surface area contributed by atoms with Crippen LogP contribution >= 0.6 is 0 Å². The summed E-state index contributed by atoms with van der Waals surface area (Å²) in [5.41, 5.74) is 18.7. The van der Waals surface area contributed by atoms with Crippen molar-refractivity contribution in [2.45, 2.75) is 5.41 Å². The highest BCUT2D eigenvalue weighted by Gasteiger charge is 2.48. The van der Waals surface area contributed by atoms with Crippen LogP contribution in [0.1, 0.15) is 22.3 Å². The molecule has 1 aromatic heterocycles. The van der Waals surface area contributed by atoms with Crippen LogP contribution in [0, 0.1) is 0 Å². The van der Waals surface area contributed by atoms with E-state index in [0.717, 1.165) is 22.6 Å². The standard InChI is InChI=1S/C61H42N2/c1-5-22-45(23-6-1)61(46-24-7-2-8-25-46)56-36-17-15-33-52(56)55-35-20-38-58(60(55)61)63-57-37-18-16-34-53(57)54-40-39-44(42-59(54)63)51-32-14-13-31-50(51)43-21-19-30-49(41-43)62(47-26-9-3-10-27-47)48-28-11-4-12-29-48/h1-42H. The molecule has 0 unspecified atom stereocenters. The third-order valence-corrected chi connectivity index (χ3v) is 13.0. The summed E-state index contributed by atoms with van der Waals surface area (Å²) in [6, 6.07) is 93.2. The molecule has 296 valence electrons. The first-order valence-corrected chi connectivity index (χ1v) is 21.8. The molecule has 0 bridgehead atoms. The van der Waals surface area contributed by atoms with Crippen LogP contribution in [-0.2, 0) is 5.41 Å². The Labute approximate surface area is 368 Å². The molecular weight excluding hydrogens is 761 g/mol. The van der Waals surface area contributed by atoms with Gasteiger partial charge < -0.3 is 9.47 Å². The lowest BCUT2D eigenvalue weighted by atomic mass is 9.67. The van der Waals surface area contributed by atoms with Gasteiger partial charge in [0.05, 0.1) is 22.1 Å². The van der Waals surface area contributed by atoms with E-state index in [2.05, 4.69) is 264 Å². The van der Waals surface area contributed by atoms with Gasteiger partial charge in [0, 0.05) is 33.4 Å². The van der Waals surface area contributed by atoms with Crippen molar-refractivity contribution in [1.29, 1.82) is 0 Å². The maximum absolute atomic E-state index is 2.54. The quantitative estimate of drug-likeness (QED) is 0.149. The van der Waals surface area contributed by atoms with Crippen LogP contribution in [0.4, 0.5) is 17.1 Å². The lowest BCUT2D eigenvalue weighted by Gasteiger charge is -2.35. The molecule has 1 aliphatic rings. The monoisotopic (exact) mass is 802 g/mol. The maximum Gasteiger partial charge on any atom is 0.0734 e. The molecule has 0 radical (unpaired) electrons. The molecular formula is C61H42N2. The topological polar surface area (TPSA) is 8.17 Å². The molecule has 0 fully saturated rings. The van der Waals surface area contributed by atoms with E-state index >= 15 is 0 Å². The van der Waals surface area contributed by atoms with Crippen LogP contribution in [-0.4, -0.2) is 4.57 Å². The first kappa shape index (κ1) is 36.6. The molecule has 0 aliphatic heterocycles. The lowest BCUT2D eigenvalue weighted by Crippen LogP contribution is -2.29. The molecule has 0 spiro atoms. The summed E-state index contributed by atoms with van der Waals surface area (Å²) in [5, 5.41) is 2.47. The zero-order valence-electron chi connectivity index (χ0n) is 34.6.